The normalized spacial score (nSPS) is 11.7. The highest BCUT2D eigenvalue weighted by Crippen LogP contribution is 2.37. The second-order valence-corrected chi connectivity index (χ2v) is 11.5. The monoisotopic (exact) mass is 648 g/mol. The second kappa shape index (κ2) is 15.6. The van der Waals surface area contributed by atoms with Crippen LogP contribution in [-0.4, -0.2) is 29.8 Å². The summed E-state index contributed by atoms with van der Waals surface area (Å²) in [5.74, 6) is -0.328. The summed E-state index contributed by atoms with van der Waals surface area (Å²) in [7, 11) is 1.53. The van der Waals surface area contributed by atoms with Gasteiger partial charge >= 0.3 is 0 Å². The van der Waals surface area contributed by atoms with E-state index in [2.05, 4.69) is 20.9 Å². The fourth-order valence-electron chi connectivity index (χ4n) is 4.41. The number of carbonyl (C=O) groups excluding carboxylic acids is 3. The standard InChI is InChI=1S/C36H29ClN4O4S/c1-45-31-18-9-8-15-26(31)21-30(40-34(42)25-13-6-3-7-14-25)35(43)39-28-16-10-17-29(22-28)46-33(24-11-4-2-5-12-24)36(44)41-32-20-19-27(37)23-38-32/h2-23,33H,1H3,(H,39,43)(H,40,42)(H,38,41,44)/b30-21+. The Bertz CT molecular complexity index is 1850. The summed E-state index contributed by atoms with van der Waals surface area (Å²) in [6.07, 6.45) is 3.03. The fourth-order valence-corrected chi connectivity index (χ4v) is 5.60. The quantitative estimate of drug-likeness (QED) is 0.100. The number of methoxy groups -OCH3 is 1. The van der Waals surface area contributed by atoms with E-state index < -0.39 is 17.1 Å². The van der Waals surface area contributed by atoms with E-state index in [9.17, 15) is 14.4 Å². The minimum absolute atomic E-state index is 0.0217. The maximum atomic E-state index is 13.7. The number of aromatic nitrogens is 1. The van der Waals surface area contributed by atoms with Crippen LogP contribution in [0.4, 0.5) is 11.5 Å². The third-order valence-corrected chi connectivity index (χ3v) is 8.10. The van der Waals surface area contributed by atoms with Gasteiger partial charge in [0.1, 0.15) is 22.5 Å². The molecule has 4 aromatic carbocycles. The lowest BCUT2D eigenvalue weighted by molar-refractivity contribution is -0.116. The molecule has 0 spiro atoms. The van der Waals surface area contributed by atoms with Gasteiger partial charge in [-0.05, 0) is 60.2 Å². The van der Waals surface area contributed by atoms with Crippen LogP contribution < -0.4 is 20.7 Å². The number of benzene rings is 4. The number of hydrogen-bond acceptors (Lipinski definition) is 6. The number of ether oxygens (including phenoxy) is 1. The van der Waals surface area contributed by atoms with E-state index in [1.54, 1.807) is 78.9 Å². The van der Waals surface area contributed by atoms with Crippen LogP contribution in [0, 0.1) is 0 Å². The van der Waals surface area contributed by atoms with Crippen molar-refractivity contribution in [1.82, 2.24) is 10.3 Å². The Morgan fingerprint density at radius 1 is 0.826 bits per heavy atom. The van der Waals surface area contributed by atoms with Crippen LogP contribution >= 0.6 is 23.4 Å². The van der Waals surface area contributed by atoms with Gasteiger partial charge in [-0.1, -0.05) is 84.4 Å². The number of thioether (sulfide) groups is 1. The van der Waals surface area contributed by atoms with Gasteiger partial charge < -0.3 is 20.7 Å². The zero-order valence-electron chi connectivity index (χ0n) is 24.6. The number of nitrogens with one attached hydrogen (secondary N) is 3. The Kier molecular flexibility index (Phi) is 10.8. The molecule has 1 heterocycles. The highest BCUT2D eigenvalue weighted by Gasteiger charge is 2.23. The van der Waals surface area contributed by atoms with Crippen molar-refractivity contribution < 1.29 is 19.1 Å². The molecule has 1 atom stereocenters. The van der Waals surface area contributed by atoms with Crippen LogP contribution in [0.25, 0.3) is 6.08 Å². The predicted molar refractivity (Wildman–Crippen MR) is 183 cm³/mol. The zero-order valence-corrected chi connectivity index (χ0v) is 26.2. The summed E-state index contributed by atoms with van der Waals surface area (Å²) in [5.41, 5.74) is 2.30. The van der Waals surface area contributed by atoms with E-state index in [4.69, 9.17) is 16.3 Å². The van der Waals surface area contributed by atoms with Crippen molar-refractivity contribution in [2.45, 2.75) is 10.1 Å². The molecule has 230 valence electrons. The molecule has 5 aromatic rings. The molecular formula is C36H29ClN4O4S. The number of amides is 3. The number of pyridine rings is 1. The number of halogens is 1. The van der Waals surface area contributed by atoms with Crippen LogP contribution in [0.1, 0.15) is 26.7 Å². The van der Waals surface area contributed by atoms with Crippen molar-refractivity contribution in [2.24, 2.45) is 0 Å². The van der Waals surface area contributed by atoms with Crippen molar-refractivity contribution in [2.75, 3.05) is 17.7 Å². The molecule has 3 amide bonds. The number of rotatable bonds is 11. The molecule has 0 aliphatic carbocycles. The SMILES string of the molecule is COc1ccccc1/C=C(/NC(=O)c1ccccc1)C(=O)Nc1cccc(SC(C(=O)Nc2ccc(Cl)cn2)c2ccccc2)c1. The highest BCUT2D eigenvalue weighted by atomic mass is 35.5. The molecule has 0 saturated carbocycles. The molecule has 1 unspecified atom stereocenters. The third-order valence-electron chi connectivity index (χ3n) is 6.63. The van der Waals surface area contributed by atoms with E-state index >= 15 is 0 Å². The van der Waals surface area contributed by atoms with Crippen molar-refractivity contribution in [3.8, 4) is 5.75 Å². The average Bonchev–Trinajstić information content (AvgIpc) is 3.09. The highest BCUT2D eigenvalue weighted by molar-refractivity contribution is 8.00. The molecule has 0 fully saturated rings. The van der Waals surface area contributed by atoms with Gasteiger partial charge in [0, 0.05) is 27.9 Å². The van der Waals surface area contributed by atoms with Crippen molar-refractivity contribution >= 4 is 58.7 Å². The first-order valence-electron chi connectivity index (χ1n) is 14.2. The number of anilines is 2. The molecule has 5 rings (SSSR count). The van der Waals surface area contributed by atoms with E-state index in [1.165, 1.54) is 25.1 Å². The summed E-state index contributed by atoms with van der Waals surface area (Å²) in [6.45, 7) is 0. The van der Waals surface area contributed by atoms with Crippen LogP contribution in [-0.2, 0) is 9.59 Å². The lowest BCUT2D eigenvalue weighted by Crippen LogP contribution is -2.30. The van der Waals surface area contributed by atoms with Crippen LogP contribution in [0.5, 0.6) is 5.75 Å². The molecular weight excluding hydrogens is 620 g/mol. The van der Waals surface area contributed by atoms with Gasteiger partial charge in [0.15, 0.2) is 0 Å². The first-order valence-corrected chi connectivity index (χ1v) is 15.4. The molecule has 3 N–H and O–H groups in total. The topological polar surface area (TPSA) is 109 Å². The van der Waals surface area contributed by atoms with Crippen LogP contribution in [0.2, 0.25) is 5.02 Å². The van der Waals surface area contributed by atoms with Crippen molar-refractivity contribution in [3.05, 3.63) is 155 Å². The molecule has 10 heteroatoms. The number of nitrogens with zero attached hydrogens (tertiary/aromatic N) is 1. The van der Waals surface area contributed by atoms with Crippen LogP contribution in [0.15, 0.2) is 138 Å². The minimum Gasteiger partial charge on any atom is -0.496 e. The van der Waals surface area contributed by atoms with E-state index in [0.29, 0.717) is 33.4 Å². The van der Waals surface area contributed by atoms with Crippen molar-refractivity contribution in [3.63, 3.8) is 0 Å². The zero-order chi connectivity index (χ0) is 32.3. The Balaban J connectivity index is 1.39. The fraction of sp³-hybridized carbons (Fsp3) is 0.0556. The van der Waals surface area contributed by atoms with Gasteiger partial charge in [-0.3, -0.25) is 14.4 Å². The molecule has 0 radical (unpaired) electrons. The summed E-state index contributed by atoms with van der Waals surface area (Å²) < 4.78 is 5.45. The molecule has 46 heavy (non-hydrogen) atoms. The van der Waals surface area contributed by atoms with E-state index in [1.807, 2.05) is 48.5 Å². The lowest BCUT2D eigenvalue weighted by Gasteiger charge is -2.17. The number of para-hydroxylation sites is 1. The van der Waals surface area contributed by atoms with E-state index in [-0.39, 0.29) is 11.6 Å². The largest absolute Gasteiger partial charge is 0.496 e. The maximum Gasteiger partial charge on any atom is 0.272 e. The third kappa shape index (κ3) is 8.62. The minimum atomic E-state index is -0.629. The van der Waals surface area contributed by atoms with Gasteiger partial charge in [0.25, 0.3) is 11.8 Å². The van der Waals surface area contributed by atoms with E-state index in [0.717, 1.165) is 10.5 Å². The Hall–Kier alpha value is -5.38. The van der Waals surface area contributed by atoms with Crippen LogP contribution in [0.3, 0.4) is 0 Å². The summed E-state index contributed by atoms with van der Waals surface area (Å²) in [5, 5.41) is 8.32. The number of hydrogen-bond donors (Lipinski definition) is 3. The number of carbonyl (C=O) groups is 3. The Labute approximate surface area is 275 Å². The maximum absolute atomic E-state index is 13.7. The Morgan fingerprint density at radius 3 is 2.26 bits per heavy atom. The van der Waals surface area contributed by atoms with Gasteiger partial charge in [0.2, 0.25) is 5.91 Å². The predicted octanol–water partition coefficient (Wildman–Crippen LogP) is 7.63. The molecule has 8 nitrogen and oxygen atoms in total. The van der Waals surface area contributed by atoms with Gasteiger partial charge in [-0.25, -0.2) is 4.98 Å². The first-order chi connectivity index (χ1) is 22.4. The van der Waals surface area contributed by atoms with Gasteiger partial charge in [0.05, 0.1) is 12.1 Å². The Morgan fingerprint density at radius 2 is 1.54 bits per heavy atom. The molecule has 0 saturated heterocycles. The van der Waals surface area contributed by atoms with Crippen molar-refractivity contribution in [1.29, 1.82) is 0 Å². The van der Waals surface area contributed by atoms with Gasteiger partial charge in [-0.15, -0.1) is 11.8 Å². The molecule has 1 aromatic heterocycles. The molecule has 0 bridgehead atoms. The summed E-state index contributed by atoms with van der Waals surface area (Å²) in [4.78, 5) is 45.1. The lowest BCUT2D eigenvalue weighted by atomic mass is 10.1. The summed E-state index contributed by atoms with van der Waals surface area (Å²) in [6, 6.07) is 35.6. The molecule has 0 aliphatic heterocycles. The first kappa shape index (κ1) is 32.0. The molecule has 0 aliphatic rings. The smallest absolute Gasteiger partial charge is 0.272 e. The average molecular weight is 649 g/mol. The summed E-state index contributed by atoms with van der Waals surface area (Å²) >= 11 is 7.27. The second-order valence-electron chi connectivity index (χ2n) is 9.86. The van der Waals surface area contributed by atoms with Gasteiger partial charge in [-0.2, -0.15) is 0 Å².